The third kappa shape index (κ3) is 2.28. The first-order valence-electron chi connectivity index (χ1n) is 5.57. The Morgan fingerprint density at radius 2 is 2.29 bits per heavy atom. The Labute approximate surface area is 113 Å². The van der Waals surface area contributed by atoms with Crippen LogP contribution in [0.15, 0.2) is 9.85 Å². The lowest BCUT2D eigenvalue weighted by molar-refractivity contribution is -0.0689. The van der Waals surface area contributed by atoms with Crippen molar-refractivity contribution < 1.29 is 9.90 Å². The summed E-state index contributed by atoms with van der Waals surface area (Å²) >= 11 is 4.85. The van der Waals surface area contributed by atoms with Gasteiger partial charge in [-0.25, -0.2) is 0 Å². The van der Waals surface area contributed by atoms with Gasteiger partial charge in [0.2, 0.25) is 0 Å². The first-order chi connectivity index (χ1) is 7.82. The highest BCUT2D eigenvalue weighted by molar-refractivity contribution is 9.11. The van der Waals surface area contributed by atoms with Crippen LogP contribution in [-0.4, -0.2) is 23.2 Å². The van der Waals surface area contributed by atoms with Crippen LogP contribution in [0, 0.1) is 12.3 Å². The number of carbonyl (C=O) groups excluding carboxylic acids is 1. The second-order valence-electron chi connectivity index (χ2n) is 5.17. The van der Waals surface area contributed by atoms with E-state index in [1.807, 2.05) is 26.8 Å². The van der Waals surface area contributed by atoms with Gasteiger partial charge in [0, 0.05) is 11.5 Å². The molecule has 0 radical (unpaired) electrons. The van der Waals surface area contributed by atoms with Gasteiger partial charge >= 0.3 is 0 Å². The van der Waals surface area contributed by atoms with Crippen LogP contribution < -0.4 is 5.32 Å². The maximum absolute atomic E-state index is 12.0. The van der Waals surface area contributed by atoms with Crippen molar-refractivity contribution >= 4 is 33.2 Å². The van der Waals surface area contributed by atoms with Crippen molar-refractivity contribution in [3.63, 3.8) is 0 Å². The van der Waals surface area contributed by atoms with Crippen LogP contribution in [0.4, 0.5) is 0 Å². The number of aliphatic hydroxyl groups is 1. The zero-order chi connectivity index (χ0) is 12.8. The van der Waals surface area contributed by atoms with Crippen molar-refractivity contribution in [2.75, 3.05) is 0 Å². The summed E-state index contributed by atoms with van der Waals surface area (Å²) in [5, 5.41) is 12.6. The number of nitrogens with one attached hydrogen (secondary N) is 1. The van der Waals surface area contributed by atoms with Crippen molar-refractivity contribution in [2.24, 2.45) is 5.41 Å². The van der Waals surface area contributed by atoms with E-state index in [2.05, 4.69) is 21.2 Å². The summed E-state index contributed by atoms with van der Waals surface area (Å²) in [6, 6.07) is 1.94. The lowest BCUT2D eigenvalue weighted by Crippen LogP contribution is -2.61. The third-order valence-electron chi connectivity index (χ3n) is 3.60. The number of hydrogen-bond acceptors (Lipinski definition) is 3. The van der Waals surface area contributed by atoms with Crippen LogP contribution in [0.5, 0.6) is 0 Å². The summed E-state index contributed by atoms with van der Waals surface area (Å²) in [6.07, 6.45) is 0.328. The molecule has 0 saturated heterocycles. The number of aryl methyl sites for hydroxylation is 1. The summed E-state index contributed by atoms with van der Waals surface area (Å²) in [6.45, 7) is 5.91. The maximum Gasteiger partial charge on any atom is 0.261 e. The molecule has 1 saturated carbocycles. The highest BCUT2D eigenvalue weighted by atomic mass is 79.9. The van der Waals surface area contributed by atoms with Crippen LogP contribution >= 0.6 is 27.3 Å². The molecule has 1 aliphatic rings. The Balaban J connectivity index is 2.03. The molecule has 3 nitrogen and oxygen atoms in total. The van der Waals surface area contributed by atoms with Crippen LogP contribution in [-0.2, 0) is 0 Å². The standard InChI is InChI=1S/C12H16BrNO2S/c1-6-4-7(17-10(6)13)11(16)14-8-5-9(15)12(8,2)3/h4,8-9,15H,5H2,1-3H3,(H,14,16). The Bertz CT molecular complexity index is 436. The van der Waals surface area contributed by atoms with Crippen molar-refractivity contribution in [1.29, 1.82) is 0 Å². The fraction of sp³-hybridized carbons (Fsp3) is 0.583. The molecule has 0 bridgehead atoms. The SMILES string of the molecule is Cc1cc(C(=O)NC2CC(O)C2(C)C)sc1Br. The van der Waals surface area contributed by atoms with E-state index in [0.29, 0.717) is 11.3 Å². The fourth-order valence-corrected chi connectivity index (χ4v) is 3.39. The van der Waals surface area contributed by atoms with Crippen molar-refractivity contribution in [2.45, 2.75) is 39.3 Å². The minimum atomic E-state index is -0.315. The smallest absolute Gasteiger partial charge is 0.261 e. The van der Waals surface area contributed by atoms with Gasteiger partial charge in [-0.2, -0.15) is 0 Å². The summed E-state index contributed by atoms with van der Waals surface area (Å²) in [5.41, 5.74) is 0.854. The second kappa shape index (κ2) is 4.37. The first-order valence-corrected chi connectivity index (χ1v) is 7.18. The Kier molecular flexibility index (Phi) is 3.36. The van der Waals surface area contributed by atoms with Gasteiger partial charge in [0.15, 0.2) is 0 Å². The van der Waals surface area contributed by atoms with E-state index in [0.717, 1.165) is 9.35 Å². The molecule has 1 aromatic heterocycles. The molecule has 0 aromatic carbocycles. The average Bonchev–Trinajstić information content (AvgIpc) is 2.59. The number of amides is 1. The summed E-state index contributed by atoms with van der Waals surface area (Å²) in [7, 11) is 0. The zero-order valence-corrected chi connectivity index (χ0v) is 12.5. The molecule has 0 aliphatic heterocycles. The third-order valence-corrected chi connectivity index (χ3v) is 5.74. The molecule has 2 atom stereocenters. The molecule has 2 unspecified atom stereocenters. The molecule has 2 rings (SSSR count). The van der Waals surface area contributed by atoms with Gasteiger partial charge in [-0.15, -0.1) is 11.3 Å². The molecule has 0 spiro atoms. The first kappa shape index (κ1) is 13.1. The lowest BCUT2D eigenvalue weighted by atomic mass is 9.64. The Hall–Kier alpha value is -0.390. The molecule has 1 heterocycles. The van der Waals surface area contributed by atoms with Gasteiger partial charge in [0.25, 0.3) is 5.91 Å². The summed E-state index contributed by atoms with van der Waals surface area (Å²) in [4.78, 5) is 12.7. The second-order valence-corrected chi connectivity index (χ2v) is 7.54. The minimum Gasteiger partial charge on any atom is -0.392 e. The topological polar surface area (TPSA) is 49.3 Å². The number of halogens is 1. The average molecular weight is 318 g/mol. The monoisotopic (exact) mass is 317 g/mol. The summed E-state index contributed by atoms with van der Waals surface area (Å²) in [5.74, 6) is -0.0474. The fourth-order valence-electron chi connectivity index (χ4n) is 1.95. The summed E-state index contributed by atoms with van der Waals surface area (Å²) < 4.78 is 0.996. The van der Waals surface area contributed by atoms with Gasteiger partial charge in [-0.3, -0.25) is 4.79 Å². The van der Waals surface area contributed by atoms with E-state index in [9.17, 15) is 9.90 Å². The molecule has 1 aromatic rings. The molecule has 2 N–H and O–H groups in total. The molecule has 94 valence electrons. The molecule has 17 heavy (non-hydrogen) atoms. The normalized spacial score (nSPS) is 26.4. The minimum absolute atomic E-state index is 0.0474. The van der Waals surface area contributed by atoms with Crippen molar-refractivity contribution in [3.05, 3.63) is 20.3 Å². The van der Waals surface area contributed by atoms with Gasteiger partial charge in [0.1, 0.15) is 0 Å². The molecule has 1 aliphatic carbocycles. The van der Waals surface area contributed by atoms with E-state index in [1.165, 1.54) is 11.3 Å². The number of hydrogen-bond donors (Lipinski definition) is 2. The molecule has 5 heteroatoms. The van der Waals surface area contributed by atoms with Crippen molar-refractivity contribution in [3.8, 4) is 0 Å². The molecule has 1 amide bonds. The van der Waals surface area contributed by atoms with E-state index < -0.39 is 0 Å². The van der Waals surface area contributed by atoms with E-state index in [1.54, 1.807) is 0 Å². The number of carbonyl (C=O) groups is 1. The van der Waals surface area contributed by atoms with Crippen LogP contribution in [0.25, 0.3) is 0 Å². The van der Waals surface area contributed by atoms with E-state index >= 15 is 0 Å². The van der Waals surface area contributed by atoms with Crippen LogP contribution in [0.3, 0.4) is 0 Å². The largest absolute Gasteiger partial charge is 0.392 e. The van der Waals surface area contributed by atoms with Crippen molar-refractivity contribution in [1.82, 2.24) is 5.32 Å². The highest BCUT2D eigenvalue weighted by Gasteiger charge is 2.48. The van der Waals surface area contributed by atoms with E-state index in [4.69, 9.17) is 0 Å². The molecular weight excluding hydrogens is 302 g/mol. The van der Waals surface area contributed by atoms with E-state index in [-0.39, 0.29) is 23.5 Å². The predicted molar refractivity (Wildman–Crippen MR) is 72.4 cm³/mol. The number of thiophene rings is 1. The highest BCUT2D eigenvalue weighted by Crippen LogP contribution is 2.40. The quantitative estimate of drug-likeness (QED) is 0.881. The maximum atomic E-state index is 12.0. The molecule has 1 fully saturated rings. The van der Waals surface area contributed by atoms with Gasteiger partial charge in [-0.05, 0) is 40.9 Å². The van der Waals surface area contributed by atoms with Gasteiger partial charge < -0.3 is 10.4 Å². The van der Waals surface area contributed by atoms with Crippen LogP contribution in [0.1, 0.15) is 35.5 Å². The number of rotatable bonds is 2. The molecular formula is C12H16BrNO2S. The van der Waals surface area contributed by atoms with Gasteiger partial charge in [-0.1, -0.05) is 13.8 Å². The van der Waals surface area contributed by atoms with Gasteiger partial charge in [0.05, 0.1) is 14.8 Å². The Morgan fingerprint density at radius 1 is 1.65 bits per heavy atom. The zero-order valence-electron chi connectivity index (χ0n) is 10.1. The number of aliphatic hydroxyl groups excluding tert-OH is 1. The predicted octanol–water partition coefficient (Wildman–Crippen LogP) is 2.71. The lowest BCUT2D eigenvalue weighted by Gasteiger charge is -2.49. The van der Waals surface area contributed by atoms with Crippen LogP contribution in [0.2, 0.25) is 0 Å². The Morgan fingerprint density at radius 3 is 2.71 bits per heavy atom.